The third-order valence-corrected chi connectivity index (χ3v) is 3.79. The number of aryl methyl sites for hydroxylation is 1. The quantitative estimate of drug-likeness (QED) is 0.544. The highest BCUT2D eigenvalue weighted by Gasteiger charge is 2.01. The van der Waals surface area contributed by atoms with E-state index >= 15 is 0 Å². The van der Waals surface area contributed by atoms with E-state index in [1.54, 1.807) is 6.07 Å². The molecule has 0 amide bonds. The van der Waals surface area contributed by atoms with Crippen molar-refractivity contribution in [3.05, 3.63) is 64.1 Å². The molecule has 0 aromatic heterocycles. The first-order valence-corrected chi connectivity index (χ1v) is 7.50. The number of hydrogen-bond acceptors (Lipinski definition) is 2. The van der Waals surface area contributed by atoms with Gasteiger partial charge in [-0.15, -0.1) is 0 Å². The van der Waals surface area contributed by atoms with Crippen LogP contribution in [0.4, 0.5) is 0 Å². The van der Waals surface area contributed by atoms with E-state index in [0.717, 1.165) is 35.8 Å². The Morgan fingerprint density at radius 2 is 1.85 bits per heavy atom. The molecule has 0 heterocycles. The van der Waals surface area contributed by atoms with Crippen molar-refractivity contribution >= 4 is 22.2 Å². The molecule has 0 N–H and O–H groups in total. The fourth-order valence-corrected chi connectivity index (χ4v) is 2.31. The van der Waals surface area contributed by atoms with Crippen LogP contribution in [0.15, 0.2) is 53.0 Å². The van der Waals surface area contributed by atoms with Crippen LogP contribution in [0.1, 0.15) is 28.8 Å². The molecule has 2 aromatic rings. The average Bonchev–Trinajstić information content (AvgIpc) is 2.49. The van der Waals surface area contributed by atoms with Crippen molar-refractivity contribution in [3.8, 4) is 5.75 Å². The molecule has 0 saturated carbocycles. The topological polar surface area (TPSA) is 26.3 Å². The summed E-state index contributed by atoms with van der Waals surface area (Å²) in [5, 5.41) is 0. The van der Waals surface area contributed by atoms with Crippen molar-refractivity contribution in [2.24, 2.45) is 0 Å². The van der Waals surface area contributed by atoms with Crippen molar-refractivity contribution < 1.29 is 9.53 Å². The third-order valence-electron chi connectivity index (χ3n) is 3.07. The van der Waals surface area contributed by atoms with Gasteiger partial charge in [-0.3, -0.25) is 4.79 Å². The number of aldehydes is 1. The fraction of sp³-hybridized carbons (Fsp3) is 0.235. The van der Waals surface area contributed by atoms with Gasteiger partial charge >= 0.3 is 0 Å². The van der Waals surface area contributed by atoms with Crippen LogP contribution in [0.2, 0.25) is 0 Å². The Morgan fingerprint density at radius 1 is 1.05 bits per heavy atom. The van der Waals surface area contributed by atoms with E-state index in [4.69, 9.17) is 4.74 Å². The Kier molecular flexibility index (Phi) is 5.81. The lowest BCUT2D eigenvalue weighted by Crippen LogP contribution is -1.99. The SMILES string of the molecule is O=Cc1cc(OCCCCc2ccccc2)ccc1Br. The fourth-order valence-electron chi connectivity index (χ4n) is 1.97. The average molecular weight is 333 g/mol. The van der Waals surface area contributed by atoms with Gasteiger partial charge in [0.1, 0.15) is 5.75 Å². The number of unbranched alkanes of at least 4 members (excludes halogenated alkanes) is 1. The molecule has 0 atom stereocenters. The van der Waals surface area contributed by atoms with E-state index in [-0.39, 0.29) is 0 Å². The molecular weight excluding hydrogens is 316 g/mol. The number of carbonyl (C=O) groups is 1. The van der Waals surface area contributed by atoms with E-state index in [1.807, 2.05) is 18.2 Å². The maximum absolute atomic E-state index is 10.8. The van der Waals surface area contributed by atoms with Gasteiger partial charge in [-0.05, 0) is 43.0 Å². The molecule has 0 aliphatic heterocycles. The zero-order chi connectivity index (χ0) is 14.2. The molecule has 0 radical (unpaired) electrons. The molecule has 0 fully saturated rings. The van der Waals surface area contributed by atoms with Crippen molar-refractivity contribution in [1.82, 2.24) is 0 Å². The second-order valence-electron chi connectivity index (χ2n) is 4.59. The number of hydrogen-bond donors (Lipinski definition) is 0. The van der Waals surface area contributed by atoms with Crippen molar-refractivity contribution in [2.45, 2.75) is 19.3 Å². The first kappa shape index (κ1) is 14.8. The number of carbonyl (C=O) groups excluding carboxylic acids is 1. The molecule has 3 heteroatoms. The van der Waals surface area contributed by atoms with Crippen molar-refractivity contribution in [2.75, 3.05) is 6.61 Å². The zero-order valence-electron chi connectivity index (χ0n) is 11.2. The molecule has 0 unspecified atom stereocenters. The summed E-state index contributed by atoms with van der Waals surface area (Å²) < 4.78 is 6.46. The summed E-state index contributed by atoms with van der Waals surface area (Å²) in [7, 11) is 0. The second kappa shape index (κ2) is 7.85. The minimum atomic E-state index is 0.617. The molecule has 2 nitrogen and oxygen atoms in total. The van der Waals surface area contributed by atoms with E-state index in [2.05, 4.69) is 40.2 Å². The van der Waals surface area contributed by atoms with Gasteiger partial charge in [-0.2, -0.15) is 0 Å². The van der Waals surface area contributed by atoms with Gasteiger partial charge in [0.05, 0.1) is 6.61 Å². The molecular formula is C17H17BrO2. The Labute approximate surface area is 127 Å². The molecule has 0 aliphatic carbocycles. The number of rotatable bonds is 7. The minimum Gasteiger partial charge on any atom is -0.494 e. The summed E-state index contributed by atoms with van der Waals surface area (Å²) >= 11 is 3.32. The number of benzene rings is 2. The molecule has 0 spiro atoms. The van der Waals surface area contributed by atoms with Crippen LogP contribution >= 0.6 is 15.9 Å². The normalized spacial score (nSPS) is 10.2. The van der Waals surface area contributed by atoms with Crippen LogP contribution in [-0.2, 0) is 6.42 Å². The van der Waals surface area contributed by atoms with Crippen LogP contribution in [0.3, 0.4) is 0 Å². The van der Waals surface area contributed by atoms with Crippen molar-refractivity contribution in [3.63, 3.8) is 0 Å². The van der Waals surface area contributed by atoms with Gasteiger partial charge in [0.25, 0.3) is 0 Å². The molecule has 20 heavy (non-hydrogen) atoms. The standard InChI is InChI=1S/C17H17BrO2/c18-17-10-9-16(12-15(17)13-19)20-11-5-4-8-14-6-2-1-3-7-14/h1-3,6-7,9-10,12-13H,4-5,8,11H2. The van der Waals surface area contributed by atoms with Gasteiger partial charge in [-0.25, -0.2) is 0 Å². The Hall–Kier alpha value is -1.61. The van der Waals surface area contributed by atoms with Gasteiger partial charge < -0.3 is 4.74 Å². The lowest BCUT2D eigenvalue weighted by Gasteiger charge is -2.07. The minimum absolute atomic E-state index is 0.617. The zero-order valence-corrected chi connectivity index (χ0v) is 12.8. The highest BCUT2D eigenvalue weighted by atomic mass is 79.9. The monoisotopic (exact) mass is 332 g/mol. The predicted molar refractivity (Wildman–Crippen MR) is 84.4 cm³/mol. The lowest BCUT2D eigenvalue weighted by molar-refractivity contribution is 0.112. The van der Waals surface area contributed by atoms with Gasteiger partial charge in [0.15, 0.2) is 6.29 Å². The van der Waals surface area contributed by atoms with Gasteiger partial charge in [-0.1, -0.05) is 46.3 Å². The smallest absolute Gasteiger partial charge is 0.151 e. The van der Waals surface area contributed by atoms with Crippen LogP contribution in [0.25, 0.3) is 0 Å². The van der Waals surface area contributed by atoms with E-state index in [1.165, 1.54) is 5.56 Å². The van der Waals surface area contributed by atoms with E-state index in [0.29, 0.717) is 12.2 Å². The Bertz CT molecular complexity index is 552. The Morgan fingerprint density at radius 3 is 2.60 bits per heavy atom. The number of halogens is 1. The second-order valence-corrected chi connectivity index (χ2v) is 5.45. The lowest BCUT2D eigenvalue weighted by atomic mass is 10.1. The summed E-state index contributed by atoms with van der Waals surface area (Å²) in [5.41, 5.74) is 1.98. The molecule has 2 rings (SSSR count). The van der Waals surface area contributed by atoms with Crippen LogP contribution < -0.4 is 4.74 Å². The highest BCUT2D eigenvalue weighted by Crippen LogP contribution is 2.21. The van der Waals surface area contributed by atoms with E-state index in [9.17, 15) is 4.79 Å². The summed E-state index contributed by atoms with van der Waals surface area (Å²) in [6, 6.07) is 15.9. The summed E-state index contributed by atoms with van der Waals surface area (Å²) in [6.45, 7) is 0.673. The first-order valence-electron chi connectivity index (χ1n) is 6.71. The van der Waals surface area contributed by atoms with Crippen molar-refractivity contribution in [1.29, 1.82) is 0 Å². The van der Waals surface area contributed by atoms with Crippen LogP contribution in [0, 0.1) is 0 Å². The molecule has 2 aromatic carbocycles. The maximum Gasteiger partial charge on any atom is 0.151 e. The number of ether oxygens (including phenoxy) is 1. The molecule has 104 valence electrons. The largest absolute Gasteiger partial charge is 0.494 e. The molecule has 0 bridgehead atoms. The highest BCUT2D eigenvalue weighted by molar-refractivity contribution is 9.10. The molecule has 0 saturated heterocycles. The summed E-state index contributed by atoms with van der Waals surface area (Å²) in [4.78, 5) is 10.8. The van der Waals surface area contributed by atoms with Gasteiger partial charge in [0, 0.05) is 10.0 Å². The summed E-state index contributed by atoms with van der Waals surface area (Å²) in [6.07, 6.45) is 4.00. The predicted octanol–water partition coefficient (Wildman–Crippen LogP) is 4.66. The third kappa shape index (κ3) is 4.49. The summed E-state index contributed by atoms with van der Waals surface area (Å²) in [5.74, 6) is 0.745. The van der Waals surface area contributed by atoms with Gasteiger partial charge in [0.2, 0.25) is 0 Å². The Balaban J connectivity index is 1.72. The maximum atomic E-state index is 10.8. The van der Waals surface area contributed by atoms with Crippen LogP contribution in [0.5, 0.6) is 5.75 Å². The first-order chi connectivity index (χ1) is 9.79. The van der Waals surface area contributed by atoms with Crippen LogP contribution in [-0.4, -0.2) is 12.9 Å². The molecule has 0 aliphatic rings. The van der Waals surface area contributed by atoms with E-state index < -0.39 is 0 Å².